The van der Waals surface area contributed by atoms with E-state index < -0.39 is 0 Å². The van der Waals surface area contributed by atoms with Gasteiger partial charge in [-0.25, -0.2) is 0 Å². The van der Waals surface area contributed by atoms with E-state index >= 15 is 0 Å². The van der Waals surface area contributed by atoms with Crippen LogP contribution in [0.25, 0.3) is 0 Å². The fourth-order valence-electron chi connectivity index (χ4n) is 1.31. The van der Waals surface area contributed by atoms with Crippen LogP contribution in [0, 0.1) is 5.41 Å². The number of hydrogen-bond donors (Lipinski definition) is 0. The SMILES string of the molecule is C1CCCCC1.CC.CCC(C)(C)CC. The summed E-state index contributed by atoms with van der Waals surface area (Å²) < 4.78 is 0. The molecule has 0 radical (unpaired) electrons. The molecule has 1 aliphatic carbocycles. The number of hydrogen-bond acceptors (Lipinski definition) is 0. The Bertz CT molecular complexity index is 81.1. The van der Waals surface area contributed by atoms with E-state index in [9.17, 15) is 0 Å². The lowest BCUT2D eigenvalue weighted by Gasteiger charge is -2.18. The molecule has 0 N–H and O–H groups in total. The lowest BCUT2D eigenvalue weighted by Crippen LogP contribution is -2.05. The van der Waals surface area contributed by atoms with Gasteiger partial charge in [0.15, 0.2) is 0 Å². The maximum atomic E-state index is 2.30. The van der Waals surface area contributed by atoms with Crippen molar-refractivity contribution in [1.82, 2.24) is 0 Å². The molecule has 1 saturated carbocycles. The molecule has 0 aliphatic heterocycles. The van der Waals surface area contributed by atoms with Gasteiger partial charge < -0.3 is 0 Å². The third-order valence-corrected chi connectivity index (χ3v) is 3.41. The largest absolute Gasteiger partial charge is 0.0683 e. The van der Waals surface area contributed by atoms with Crippen LogP contribution < -0.4 is 0 Å². The van der Waals surface area contributed by atoms with Gasteiger partial charge in [0.25, 0.3) is 0 Å². The average Bonchev–Trinajstić information content (AvgIpc) is 2.35. The summed E-state index contributed by atoms with van der Waals surface area (Å²) in [4.78, 5) is 0. The molecule has 94 valence electrons. The molecule has 0 bridgehead atoms. The lowest BCUT2D eigenvalue weighted by atomic mass is 9.88. The summed E-state index contributed by atoms with van der Waals surface area (Å²) in [6, 6.07) is 0. The van der Waals surface area contributed by atoms with Gasteiger partial charge in [0.1, 0.15) is 0 Å². The summed E-state index contributed by atoms with van der Waals surface area (Å²) in [7, 11) is 0. The van der Waals surface area contributed by atoms with Crippen molar-refractivity contribution in [3.05, 3.63) is 0 Å². The van der Waals surface area contributed by atoms with E-state index in [1.807, 2.05) is 13.8 Å². The monoisotopic (exact) mass is 214 g/mol. The van der Waals surface area contributed by atoms with E-state index in [2.05, 4.69) is 27.7 Å². The Hall–Kier alpha value is 0. The Balaban J connectivity index is 0. The summed E-state index contributed by atoms with van der Waals surface area (Å²) in [6.07, 6.45) is 11.6. The van der Waals surface area contributed by atoms with Gasteiger partial charge >= 0.3 is 0 Å². The van der Waals surface area contributed by atoms with Crippen LogP contribution >= 0.6 is 0 Å². The minimum atomic E-state index is 0.583. The highest BCUT2D eigenvalue weighted by Gasteiger charge is 2.09. The van der Waals surface area contributed by atoms with Crippen molar-refractivity contribution in [2.75, 3.05) is 0 Å². The zero-order chi connectivity index (χ0) is 12.2. The molecule has 0 aromatic rings. The van der Waals surface area contributed by atoms with Crippen LogP contribution in [0.2, 0.25) is 0 Å². The smallest absolute Gasteiger partial charge is 0.0359 e. The van der Waals surface area contributed by atoms with E-state index in [-0.39, 0.29) is 0 Å². The molecule has 0 unspecified atom stereocenters. The van der Waals surface area contributed by atoms with Gasteiger partial charge in [-0.15, -0.1) is 0 Å². The third kappa shape index (κ3) is 14.0. The molecule has 0 saturated heterocycles. The van der Waals surface area contributed by atoms with E-state index in [0.717, 1.165) is 0 Å². The van der Waals surface area contributed by atoms with Gasteiger partial charge in [-0.05, 0) is 5.41 Å². The van der Waals surface area contributed by atoms with Crippen LogP contribution in [-0.2, 0) is 0 Å². The first kappa shape index (κ1) is 17.4. The fourth-order valence-corrected chi connectivity index (χ4v) is 1.31. The van der Waals surface area contributed by atoms with E-state index in [4.69, 9.17) is 0 Å². The van der Waals surface area contributed by atoms with Crippen molar-refractivity contribution in [2.24, 2.45) is 5.41 Å². The first-order valence-corrected chi connectivity index (χ1v) is 7.12. The summed E-state index contributed by atoms with van der Waals surface area (Å²) in [5.41, 5.74) is 0.583. The minimum Gasteiger partial charge on any atom is -0.0683 e. The fraction of sp³-hybridized carbons (Fsp3) is 1.00. The predicted octanol–water partition coefficient (Wildman–Crippen LogP) is 6.20. The highest BCUT2D eigenvalue weighted by molar-refractivity contribution is 4.61. The van der Waals surface area contributed by atoms with Crippen LogP contribution in [-0.4, -0.2) is 0 Å². The maximum absolute atomic E-state index is 2.30. The molecule has 0 heteroatoms. The molecule has 0 amide bonds. The molecule has 0 spiro atoms. The molecule has 0 nitrogen and oxygen atoms in total. The van der Waals surface area contributed by atoms with Gasteiger partial charge in [-0.3, -0.25) is 0 Å². The molecule has 0 aromatic carbocycles. The maximum Gasteiger partial charge on any atom is -0.0359 e. The molecule has 1 fully saturated rings. The molecule has 0 aromatic heterocycles. The predicted molar refractivity (Wildman–Crippen MR) is 73.4 cm³/mol. The minimum absolute atomic E-state index is 0.583. The highest BCUT2D eigenvalue weighted by atomic mass is 14.1. The van der Waals surface area contributed by atoms with Crippen LogP contribution in [0.4, 0.5) is 0 Å². The Labute approximate surface area is 98.9 Å². The van der Waals surface area contributed by atoms with Gasteiger partial charge in [0.2, 0.25) is 0 Å². The van der Waals surface area contributed by atoms with Crippen LogP contribution in [0.1, 0.15) is 92.9 Å². The molecule has 15 heavy (non-hydrogen) atoms. The first-order chi connectivity index (χ1) is 7.12. The molecule has 0 atom stereocenters. The van der Waals surface area contributed by atoms with Crippen molar-refractivity contribution in [3.63, 3.8) is 0 Å². The van der Waals surface area contributed by atoms with Crippen LogP contribution in [0.15, 0.2) is 0 Å². The Morgan fingerprint density at radius 3 is 0.933 bits per heavy atom. The second kappa shape index (κ2) is 12.1. The van der Waals surface area contributed by atoms with E-state index in [1.54, 1.807) is 0 Å². The molecule has 1 aliphatic rings. The van der Waals surface area contributed by atoms with Crippen molar-refractivity contribution >= 4 is 0 Å². The Morgan fingerprint density at radius 2 is 0.867 bits per heavy atom. The van der Waals surface area contributed by atoms with Gasteiger partial charge in [0.05, 0.1) is 0 Å². The second-order valence-electron chi connectivity index (χ2n) is 4.99. The normalized spacial score (nSPS) is 15.6. The van der Waals surface area contributed by atoms with Crippen molar-refractivity contribution in [3.8, 4) is 0 Å². The number of rotatable bonds is 2. The zero-order valence-electron chi connectivity index (χ0n) is 12.2. The quantitative estimate of drug-likeness (QED) is 0.513. The molecular weight excluding hydrogens is 180 g/mol. The van der Waals surface area contributed by atoms with Gasteiger partial charge in [0, 0.05) is 0 Å². The standard InChI is InChI=1S/C7H16.C6H12.C2H6/c1-5-7(3,4)6-2;1-2-4-6-5-3-1;1-2/h5-6H2,1-4H3;1-6H2;1-2H3. The molecule has 0 heterocycles. The van der Waals surface area contributed by atoms with E-state index in [0.29, 0.717) is 5.41 Å². The van der Waals surface area contributed by atoms with Crippen molar-refractivity contribution in [2.45, 2.75) is 92.9 Å². The molecular formula is C15H34. The topological polar surface area (TPSA) is 0 Å². The highest BCUT2D eigenvalue weighted by Crippen LogP contribution is 2.22. The van der Waals surface area contributed by atoms with Crippen molar-refractivity contribution < 1.29 is 0 Å². The summed E-state index contributed by atoms with van der Waals surface area (Å²) in [6.45, 7) is 13.1. The van der Waals surface area contributed by atoms with E-state index in [1.165, 1.54) is 51.4 Å². The summed E-state index contributed by atoms with van der Waals surface area (Å²) >= 11 is 0. The van der Waals surface area contributed by atoms with Gasteiger partial charge in [-0.2, -0.15) is 0 Å². The third-order valence-electron chi connectivity index (χ3n) is 3.41. The van der Waals surface area contributed by atoms with Gasteiger partial charge in [-0.1, -0.05) is 92.9 Å². The average molecular weight is 214 g/mol. The lowest BCUT2D eigenvalue weighted by molar-refractivity contribution is 0.338. The molecule has 1 rings (SSSR count). The summed E-state index contributed by atoms with van der Waals surface area (Å²) in [5, 5.41) is 0. The van der Waals surface area contributed by atoms with Crippen LogP contribution in [0.5, 0.6) is 0 Å². The van der Waals surface area contributed by atoms with Crippen molar-refractivity contribution in [1.29, 1.82) is 0 Å². The van der Waals surface area contributed by atoms with Crippen LogP contribution in [0.3, 0.4) is 0 Å². The summed E-state index contributed by atoms with van der Waals surface area (Å²) in [5.74, 6) is 0. The zero-order valence-corrected chi connectivity index (χ0v) is 12.2. The first-order valence-electron chi connectivity index (χ1n) is 7.12. The second-order valence-corrected chi connectivity index (χ2v) is 4.99. The Morgan fingerprint density at radius 1 is 0.667 bits per heavy atom. The Kier molecular flexibility index (Phi) is 14.0.